The number of amides is 1. The minimum Gasteiger partial charge on any atom is -0.465 e. The van der Waals surface area contributed by atoms with Crippen molar-refractivity contribution in [3.8, 4) is 11.5 Å². The van der Waals surface area contributed by atoms with Gasteiger partial charge in [0.1, 0.15) is 17.1 Å². The third kappa shape index (κ3) is 5.52. The number of hydrogen-bond acceptors (Lipinski definition) is 7. The quantitative estimate of drug-likeness (QED) is 0.548. The highest BCUT2D eigenvalue weighted by atomic mass is 32.2. The number of rotatable bonds is 6. The number of sulfone groups is 1. The van der Waals surface area contributed by atoms with Crippen LogP contribution in [0.3, 0.4) is 0 Å². The van der Waals surface area contributed by atoms with Crippen molar-refractivity contribution in [3.05, 3.63) is 54.6 Å². The molecule has 0 aliphatic carbocycles. The number of esters is 1. The van der Waals surface area contributed by atoms with E-state index in [-0.39, 0.29) is 37.4 Å². The lowest BCUT2D eigenvalue weighted by Gasteiger charge is -2.39. The molecule has 1 aliphatic rings. The number of piperidine rings is 1. The second-order valence-corrected chi connectivity index (χ2v) is 11.3. The first-order chi connectivity index (χ1) is 16.0. The zero-order valence-electron chi connectivity index (χ0n) is 19.9. The molecule has 1 amide bonds. The van der Waals surface area contributed by atoms with Crippen LogP contribution >= 0.6 is 0 Å². The van der Waals surface area contributed by atoms with Gasteiger partial charge < -0.3 is 19.1 Å². The van der Waals surface area contributed by atoms with Crippen molar-refractivity contribution < 1.29 is 32.2 Å². The molecule has 9 heteroatoms. The monoisotopic (exact) mass is 489 g/mol. The largest absolute Gasteiger partial charge is 0.465 e. The van der Waals surface area contributed by atoms with E-state index in [0.29, 0.717) is 11.5 Å². The number of likely N-dealkylation sites (tertiary alicyclic amines) is 1. The van der Waals surface area contributed by atoms with Gasteiger partial charge >= 0.3 is 12.1 Å². The normalized spacial score (nSPS) is 15.9. The molecule has 1 aliphatic heterocycles. The zero-order chi connectivity index (χ0) is 25.0. The first-order valence-electron chi connectivity index (χ1n) is 11.2. The van der Waals surface area contributed by atoms with Gasteiger partial charge in [-0.15, -0.1) is 0 Å². The van der Waals surface area contributed by atoms with Gasteiger partial charge in [-0.25, -0.2) is 13.2 Å². The van der Waals surface area contributed by atoms with Gasteiger partial charge in [-0.3, -0.25) is 4.79 Å². The summed E-state index contributed by atoms with van der Waals surface area (Å²) in [7, 11) is -4.18. The van der Waals surface area contributed by atoms with Gasteiger partial charge in [0, 0.05) is 13.1 Å². The van der Waals surface area contributed by atoms with Crippen LogP contribution in [0, 0.1) is 0 Å². The molecule has 34 heavy (non-hydrogen) atoms. The highest BCUT2D eigenvalue weighted by Gasteiger charge is 2.55. The lowest BCUT2D eigenvalue weighted by molar-refractivity contribution is -0.147. The van der Waals surface area contributed by atoms with Crippen LogP contribution in [-0.2, 0) is 24.1 Å². The summed E-state index contributed by atoms with van der Waals surface area (Å²) in [4.78, 5) is 26.9. The average Bonchev–Trinajstić information content (AvgIpc) is 2.79. The van der Waals surface area contributed by atoms with Crippen molar-refractivity contribution in [1.82, 2.24) is 4.90 Å². The molecular formula is C25H31NO7S. The third-order valence-electron chi connectivity index (χ3n) is 5.48. The minimum absolute atomic E-state index is 0.0419. The van der Waals surface area contributed by atoms with Crippen LogP contribution in [0.1, 0.15) is 40.5 Å². The summed E-state index contributed by atoms with van der Waals surface area (Å²) in [6.07, 6.45) is -0.741. The first kappa shape index (κ1) is 25.6. The van der Waals surface area contributed by atoms with E-state index in [1.165, 1.54) is 17.0 Å². The Morgan fingerprint density at radius 3 is 2.18 bits per heavy atom. The topological polar surface area (TPSA) is 99.2 Å². The Bertz CT molecular complexity index is 1120. The van der Waals surface area contributed by atoms with Crippen molar-refractivity contribution in [2.45, 2.75) is 55.8 Å². The SMILES string of the molecule is CCOC(=O)C1(S(=O)(=O)c2cccc(Oc3ccccc3)c2)CCN(C(=O)OC(C)(C)C)CC1. The summed E-state index contributed by atoms with van der Waals surface area (Å²) in [5, 5.41) is 0. The Kier molecular flexibility index (Phi) is 7.55. The number of carbonyl (C=O) groups excluding carboxylic acids is 2. The molecule has 1 fully saturated rings. The summed E-state index contributed by atoms with van der Waals surface area (Å²) >= 11 is 0. The smallest absolute Gasteiger partial charge is 0.410 e. The maximum absolute atomic E-state index is 13.8. The van der Waals surface area contributed by atoms with Gasteiger partial charge in [0.05, 0.1) is 11.5 Å². The van der Waals surface area contributed by atoms with E-state index in [1.54, 1.807) is 52.0 Å². The maximum atomic E-state index is 13.8. The summed E-state index contributed by atoms with van der Waals surface area (Å²) in [5.41, 5.74) is -0.683. The van der Waals surface area contributed by atoms with Crippen molar-refractivity contribution >= 4 is 21.9 Å². The van der Waals surface area contributed by atoms with Crippen molar-refractivity contribution in [2.24, 2.45) is 0 Å². The molecule has 1 heterocycles. The van der Waals surface area contributed by atoms with E-state index in [0.717, 1.165) is 0 Å². The molecule has 0 radical (unpaired) electrons. The van der Waals surface area contributed by atoms with Crippen LogP contribution < -0.4 is 4.74 Å². The van der Waals surface area contributed by atoms with Crippen LogP contribution in [0.15, 0.2) is 59.5 Å². The molecule has 0 spiro atoms. The number of para-hydroxylation sites is 1. The maximum Gasteiger partial charge on any atom is 0.410 e. The lowest BCUT2D eigenvalue weighted by atomic mass is 9.96. The van der Waals surface area contributed by atoms with Crippen LogP contribution in [0.25, 0.3) is 0 Å². The molecule has 0 saturated carbocycles. The Morgan fingerprint density at radius 1 is 0.971 bits per heavy atom. The molecular weight excluding hydrogens is 458 g/mol. The standard InChI is InChI=1S/C25H31NO7S/c1-5-31-22(27)25(14-16-26(17-15-25)23(28)33-24(2,3)4)34(29,30)21-13-9-12-20(18-21)32-19-10-7-6-8-11-19/h6-13,18H,5,14-17H2,1-4H3. The average molecular weight is 490 g/mol. The van der Waals surface area contributed by atoms with Crippen molar-refractivity contribution in [2.75, 3.05) is 19.7 Å². The molecule has 8 nitrogen and oxygen atoms in total. The van der Waals surface area contributed by atoms with E-state index in [9.17, 15) is 18.0 Å². The fourth-order valence-corrected chi connectivity index (χ4v) is 5.76. The summed E-state index contributed by atoms with van der Waals surface area (Å²) in [6, 6.07) is 15.0. The number of benzene rings is 2. The molecule has 2 aromatic rings. The molecule has 0 N–H and O–H groups in total. The van der Waals surface area contributed by atoms with Gasteiger partial charge in [0.2, 0.25) is 0 Å². The second kappa shape index (κ2) is 10.0. The Morgan fingerprint density at radius 2 is 1.59 bits per heavy atom. The number of ether oxygens (including phenoxy) is 3. The van der Waals surface area contributed by atoms with E-state index in [4.69, 9.17) is 14.2 Å². The van der Waals surface area contributed by atoms with Crippen LogP contribution in [0.5, 0.6) is 11.5 Å². The van der Waals surface area contributed by atoms with Crippen LogP contribution in [0.2, 0.25) is 0 Å². The number of hydrogen-bond donors (Lipinski definition) is 0. The van der Waals surface area contributed by atoms with Gasteiger partial charge in [-0.2, -0.15) is 0 Å². The fourth-order valence-electron chi connectivity index (χ4n) is 3.78. The molecule has 0 unspecified atom stereocenters. The number of carbonyl (C=O) groups is 2. The molecule has 3 rings (SSSR count). The summed E-state index contributed by atoms with van der Waals surface area (Å²) in [6.45, 7) is 7.04. The molecule has 1 saturated heterocycles. The lowest BCUT2D eigenvalue weighted by Crippen LogP contribution is -2.56. The van der Waals surface area contributed by atoms with Crippen molar-refractivity contribution in [1.29, 1.82) is 0 Å². The predicted molar refractivity (Wildman–Crippen MR) is 127 cm³/mol. The highest BCUT2D eigenvalue weighted by Crippen LogP contribution is 2.38. The summed E-state index contributed by atoms with van der Waals surface area (Å²) < 4.78 is 42.3. The predicted octanol–water partition coefficient (Wildman–Crippen LogP) is 4.59. The number of nitrogens with zero attached hydrogens (tertiary/aromatic N) is 1. The molecule has 184 valence electrons. The van der Waals surface area contributed by atoms with Crippen LogP contribution in [-0.4, -0.2) is 55.4 Å². The minimum atomic E-state index is -4.18. The van der Waals surface area contributed by atoms with Crippen LogP contribution in [0.4, 0.5) is 4.79 Å². The molecule has 0 bridgehead atoms. The molecule has 0 atom stereocenters. The molecule has 0 aromatic heterocycles. The summed E-state index contributed by atoms with van der Waals surface area (Å²) in [5.74, 6) is 0.0773. The first-order valence-corrected chi connectivity index (χ1v) is 12.7. The van der Waals surface area contributed by atoms with Gasteiger partial charge in [0.15, 0.2) is 14.6 Å². The van der Waals surface area contributed by atoms with Gasteiger partial charge in [0.25, 0.3) is 0 Å². The fraction of sp³-hybridized carbons (Fsp3) is 0.440. The third-order valence-corrected chi connectivity index (χ3v) is 7.96. The molecule has 2 aromatic carbocycles. The van der Waals surface area contributed by atoms with E-state index in [2.05, 4.69) is 0 Å². The highest BCUT2D eigenvalue weighted by molar-refractivity contribution is 7.93. The Hall–Kier alpha value is -3.07. The van der Waals surface area contributed by atoms with E-state index < -0.39 is 32.2 Å². The Balaban J connectivity index is 1.90. The van der Waals surface area contributed by atoms with E-state index >= 15 is 0 Å². The zero-order valence-corrected chi connectivity index (χ0v) is 20.8. The second-order valence-electron chi connectivity index (χ2n) is 9.08. The Labute approximate surface area is 200 Å². The van der Waals surface area contributed by atoms with Gasteiger partial charge in [-0.1, -0.05) is 24.3 Å². The van der Waals surface area contributed by atoms with E-state index in [1.807, 2.05) is 18.2 Å². The van der Waals surface area contributed by atoms with Crippen molar-refractivity contribution in [3.63, 3.8) is 0 Å². The van der Waals surface area contributed by atoms with Gasteiger partial charge in [-0.05, 0) is 70.9 Å².